The number of nitrogens with zero attached hydrogens (tertiary/aromatic N) is 3. The van der Waals surface area contributed by atoms with Crippen LogP contribution in [0.5, 0.6) is 0 Å². The normalized spacial score (nSPS) is 12.0. The van der Waals surface area contributed by atoms with Gasteiger partial charge in [-0.1, -0.05) is 6.07 Å². The number of fused-ring (bicyclic) bond motifs is 1. The molecule has 21 heavy (non-hydrogen) atoms. The van der Waals surface area contributed by atoms with Crippen LogP contribution in [0, 0.1) is 0 Å². The number of hydrogen-bond donors (Lipinski definition) is 1. The van der Waals surface area contributed by atoms with Gasteiger partial charge >= 0.3 is 16.2 Å². The molecule has 0 aliphatic carbocycles. The molecule has 1 aromatic heterocycles. The maximum absolute atomic E-state index is 12.3. The average Bonchev–Trinajstić information content (AvgIpc) is 2.74. The molecule has 8 nitrogen and oxygen atoms in total. The number of rotatable bonds is 4. The fourth-order valence-corrected chi connectivity index (χ4v) is 2.88. The van der Waals surface area contributed by atoms with E-state index in [-0.39, 0.29) is 29.2 Å². The Hall–Kier alpha value is -2.13. The van der Waals surface area contributed by atoms with Crippen LogP contribution < -0.4 is 5.73 Å². The number of aromatic nitrogens is 2. The first-order valence-corrected chi connectivity index (χ1v) is 7.57. The lowest BCUT2D eigenvalue weighted by molar-refractivity contribution is 0.0528. The second kappa shape index (κ2) is 5.34. The monoisotopic (exact) mass is 312 g/mol. The van der Waals surface area contributed by atoms with Gasteiger partial charge in [0.25, 0.3) is 0 Å². The number of ether oxygens (including phenoxy) is 1. The molecular formula is C12H16N4O4S. The molecule has 0 atom stereocenters. The predicted octanol–water partition coefficient (Wildman–Crippen LogP) is 0.450. The predicted molar refractivity (Wildman–Crippen MR) is 78.1 cm³/mol. The van der Waals surface area contributed by atoms with Crippen molar-refractivity contribution in [2.75, 3.05) is 26.4 Å². The van der Waals surface area contributed by atoms with E-state index < -0.39 is 16.2 Å². The maximum Gasteiger partial charge on any atom is 0.340 e. The number of benzene rings is 1. The van der Waals surface area contributed by atoms with Gasteiger partial charge in [0.05, 0.1) is 17.7 Å². The molecule has 0 spiro atoms. The van der Waals surface area contributed by atoms with Crippen molar-refractivity contribution < 1.29 is 17.9 Å². The van der Waals surface area contributed by atoms with Gasteiger partial charge in [0.15, 0.2) is 0 Å². The molecule has 1 aromatic carbocycles. The zero-order valence-electron chi connectivity index (χ0n) is 11.9. The van der Waals surface area contributed by atoms with Crippen LogP contribution >= 0.6 is 0 Å². The lowest BCUT2D eigenvalue weighted by Gasteiger charge is -2.13. The van der Waals surface area contributed by atoms with Gasteiger partial charge in [-0.15, -0.1) is 0 Å². The third kappa shape index (κ3) is 2.45. The summed E-state index contributed by atoms with van der Waals surface area (Å²) in [6.07, 6.45) is 0. The molecule has 9 heteroatoms. The van der Waals surface area contributed by atoms with Crippen molar-refractivity contribution >= 4 is 33.2 Å². The van der Waals surface area contributed by atoms with Gasteiger partial charge in [0.1, 0.15) is 5.52 Å². The van der Waals surface area contributed by atoms with E-state index in [4.69, 9.17) is 10.5 Å². The quantitative estimate of drug-likeness (QED) is 0.821. The molecule has 2 rings (SSSR count). The fraction of sp³-hybridized carbons (Fsp3) is 0.333. The van der Waals surface area contributed by atoms with E-state index in [1.54, 1.807) is 13.0 Å². The highest BCUT2D eigenvalue weighted by Gasteiger charge is 2.25. The van der Waals surface area contributed by atoms with Crippen LogP contribution in [0.1, 0.15) is 17.3 Å². The van der Waals surface area contributed by atoms with Crippen LogP contribution in [0.25, 0.3) is 11.0 Å². The highest BCUT2D eigenvalue weighted by atomic mass is 32.2. The van der Waals surface area contributed by atoms with E-state index in [1.165, 1.54) is 26.2 Å². The van der Waals surface area contributed by atoms with Gasteiger partial charge in [0.2, 0.25) is 5.95 Å². The zero-order chi connectivity index (χ0) is 15.8. The molecule has 0 aliphatic rings. The van der Waals surface area contributed by atoms with Gasteiger partial charge < -0.3 is 10.5 Å². The van der Waals surface area contributed by atoms with E-state index >= 15 is 0 Å². The molecule has 0 saturated carbocycles. The molecule has 114 valence electrons. The number of para-hydroxylation sites is 1. The molecular weight excluding hydrogens is 296 g/mol. The van der Waals surface area contributed by atoms with E-state index in [9.17, 15) is 13.2 Å². The molecule has 0 radical (unpaired) electrons. The minimum atomic E-state index is -3.84. The van der Waals surface area contributed by atoms with Crippen LogP contribution in [-0.2, 0) is 14.9 Å². The Balaban J connectivity index is 2.75. The molecule has 0 unspecified atom stereocenters. The van der Waals surface area contributed by atoms with Crippen LogP contribution in [0.2, 0.25) is 0 Å². The number of nitrogens with two attached hydrogens (primary N) is 1. The Morgan fingerprint density at radius 2 is 2.10 bits per heavy atom. The highest BCUT2D eigenvalue weighted by molar-refractivity contribution is 7.87. The van der Waals surface area contributed by atoms with Crippen molar-refractivity contribution in [3.63, 3.8) is 0 Å². The van der Waals surface area contributed by atoms with E-state index in [1.807, 2.05) is 0 Å². The number of esters is 1. The third-order valence-electron chi connectivity index (χ3n) is 2.86. The zero-order valence-corrected chi connectivity index (χ0v) is 12.7. The SMILES string of the molecule is CCOC(=O)c1cccc2c1nc(N)n2S(=O)(=O)N(C)C. The van der Waals surface area contributed by atoms with Crippen LogP contribution in [0.15, 0.2) is 18.2 Å². The molecule has 0 saturated heterocycles. The summed E-state index contributed by atoms with van der Waals surface area (Å²) in [5.74, 6) is -0.787. The lowest BCUT2D eigenvalue weighted by atomic mass is 10.2. The van der Waals surface area contributed by atoms with E-state index in [0.29, 0.717) is 0 Å². The van der Waals surface area contributed by atoms with Crippen LogP contribution in [0.3, 0.4) is 0 Å². The molecule has 0 amide bonds. The Morgan fingerprint density at radius 3 is 2.67 bits per heavy atom. The van der Waals surface area contributed by atoms with Gasteiger partial charge in [0, 0.05) is 14.1 Å². The third-order valence-corrected chi connectivity index (χ3v) is 4.62. The highest BCUT2D eigenvalue weighted by Crippen LogP contribution is 2.24. The maximum atomic E-state index is 12.3. The van der Waals surface area contributed by atoms with Crippen LogP contribution in [-0.4, -0.2) is 48.4 Å². The number of imidazole rings is 1. The van der Waals surface area contributed by atoms with E-state index in [2.05, 4.69) is 4.98 Å². The van der Waals surface area contributed by atoms with Crippen molar-refractivity contribution in [3.05, 3.63) is 23.8 Å². The average molecular weight is 312 g/mol. The molecule has 2 N–H and O–H groups in total. The summed E-state index contributed by atoms with van der Waals surface area (Å²) >= 11 is 0. The minimum Gasteiger partial charge on any atom is -0.462 e. The Kier molecular flexibility index (Phi) is 3.88. The number of hydrogen-bond acceptors (Lipinski definition) is 6. The first-order chi connectivity index (χ1) is 9.80. The second-order valence-corrected chi connectivity index (χ2v) is 6.41. The van der Waals surface area contributed by atoms with Crippen LogP contribution in [0.4, 0.5) is 5.95 Å². The number of carbonyl (C=O) groups excluding carboxylic acids is 1. The summed E-state index contributed by atoms with van der Waals surface area (Å²) in [5, 5.41) is 0. The Morgan fingerprint density at radius 1 is 1.43 bits per heavy atom. The summed E-state index contributed by atoms with van der Waals surface area (Å²) in [4.78, 5) is 15.9. The number of anilines is 1. The van der Waals surface area contributed by atoms with Gasteiger partial charge in [-0.2, -0.15) is 16.7 Å². The Labute approximate surface area is 122 Å². The van der Waals surface area contributed by atoms with Crippen molar-refractivity contribution in [1.29, 1.82) is 0 Å². The van der Waals surface area contributed by atoms with Gasteiger partial charge in [-0.3, -0.25) is 0 Å². The summed E-state index contributed by atoms with van der Waals surface area (Å²) in [6, 6.07) is 4.60. The summed E-state index contributed by atoms with van der Waals surface area (Å²) in [6.45, 7) is 1.89. The summed E-state index contributed by atoms with van der Waals surface area (Å²) < 4.78 is 31.4. The number of carbonyl (C=O) groups is 1. The smallest absolute Gasteiger partial charge is 0.340 e. The van der Waals surface area contributed by atoms with Crippen molar-refractivity contribution in [1.82, 2.24) is 13.3 Å². The summed E-state index contributed by atoms with van der Waals surface area (Å²) in [5.41, 5.74) is 6.31. The standard InChI is InChI=1S/C12H16N4O4S/c1-4-20-11(17)8-6-5-7-9-10(8)14-12(13)16(9)21(18,19)15(2)3/h5-7H,4H2,1-3H3,(H2,13,14). The number of nitrogen functional groups attached to an aromatic ring is 1. The lowest BCUT2D eigenvalue weighted by Crippen LogP contribution is -2.29. The minimum absolute atomic E-state index is 0.175. The largest absolute Gasteiger partial charge is 0.462 e. The van der Waals surface area contributed by atoms with Gasteiger partial charge in [-0.05, 0) is 19.1 Å². The van der Waals surface area contributed by atoms with Crippen molar-refractivity contribution in [2.24, 2.45) is 0 Å². The first-order valence-electron chi connectivity index (χ1n) is 6.17. The molecule has 2 aromatic rings. The van der Waals surface area contributed by atoms with Crippen molar-refractivity contribution in [3.8, 4) is 0 Å². The second-order valence-electron chi connectivity index (χ2n) is 4.42. The topological polar surface area (TPSA) is 108 Å². The first kappa shape index (κ1) is 15.3. The summed E-state index contributed by atoms with van der Waals surface area (Å²) in [7, 11) is -1.07. The molecule has 0 bridgehead atoms. The van der Waals surface area contributed by atoms with Gasteiger partial charge in [-0.25, -0.2) is 9.78 Å². The molecule has 0 fully saturated rings. The Bertz CT molecular complexity index is 795. The molecule has 0 aliphatic heterocycles. The van der Waals surface area contributed by atoms with E-state index in [0.717, 1.165) is 8.28 Å². The fourth-order valence-electron chi connectivity index (χ4n) is 1.88. The molecule has 1 heterocycles. The van der Waals surface area contributed by atoms with Crippen molar-refractivity contribution in [2.45, 2.75) is 6.92 Å².